The van der Waals surface area contributed by atoms with Gasteiger partial charge in [0.15, 0.2) is 0 Å². The molecule has 8 nitrogen and oxygen atoms in total. The first-order chi connectivity index (χ1) is 13.9. The summed E-state index contributed by atoms with van der Waals surface area (Å²) < 4.78 is 31.9. The van der Waals surface area contributed by atoms with E-state index < -0.39 is 15.9 Å². The molecule has 0 bridgehead atoms. The van der Waals surface area contributed by atoms with Gasteiger partial charge in [-0.15, -0.1) is 0 Å². The van der Waals surface area contributed by atoms with Gasteiger partial charge in [0, 0.05) is 37.8 Å². The van der Waals surface area contributed by atoms with Crippen LogP contribution in [0.15, 0.2) is 59.5 Å². The summed E-state index contributed by atoms with van der Waals surface area (Å²) in [5.74, 6) is -0.265. The molecular formula is C20H23N3O5S. The van der Waals surface area contributed by atoms with Crippen molar-refractivity contribution in [3.05, 3.63) is 54.6 Å². The normalized spacial score (nSPS) is 16.7. The molecule has 1 saturated heterocycles. The third-order valence-electron chi connectivity index (χ3n) is 4.63. The molecule has 2 N–H and O–H groups in total. The Morgan fingerprint density at radius 1 is 1.14 bits per heavy atom. The van der Waals surface area contributed by atoms with Gasteiger partial charge in [0.05, 0.1) is 17.9 Å². The quantitative estimate of drug-likeness (QED) is 0.627. The number of methoxy groups -OCH3 is 1. The van der Waals surface area contributed by atoms with Crippen LogP contribution in [-0.2, 0) is 19.6 Å². The minimum absolute atomic E-state index is 0.0588. The molecule has 1 atom stereocenters. The molecule has 2 amide bonds. The molecule has 1 fully saturated rings. The summed E-state index contributed by atoms with van der Waals surface area (Å²) >= 11 is 0. The molecule has 9 heteroatoms. The monoisotopic (exact) mass is 417 g/mol. The SMILES string of the molecule is COc1cccc(N2CC(C(=O)NCCNS(=O)(=O)c3ccccc3)CC2=O)c1. The number of rotatable bonds is 8. The number of amides is 2. The zero-order valence-corrected chi connectivity index (χ0v) is 16.8. The summed E-state index contributed by atoms with van der Waals surface area (Å²) in [7, 11) is -2.06. The lowest BCUT2D eigenvalue weighted by Gasteiger charge is -2.17. The summed E-state index contributed by atoms with van der Waals surface area (Å²) in [4.78, 5) is 26.4. The lowest BCUT2D eigenvalue weighted by molar-refractivity contribution is -0.126. The van der Waals surface area contributed by atoms with Crippen LogP contribution in [0.2, 0.25) is 0 Å². The van der Waals surface area contributed by atoms with Gasteiger partial charge in [0.1, 0.15) is 5.75 Å². The van der Waals surface area contributed by atoms with Gasteiger partial charge in [-0.3, -0.25) is 9.59 Å². The molecule has 1 heterocycles. The lowest BCUT2D eigenvalue weighted by atomic mass is 10.1. The molecule has 0 aromatic heterocycles. The van der Waals surface area contributed by atoms with Gasteiger partial charge in [-0.05, 0) is 24.3 Å². The van der Waals surface area contributed by atoms with Crippen molar-refractivity contribution < 1.29 is 22.7 Å². The number of anilines is 1. The van der Waals surface area contributed by atoms with Crippen molar-refractivity contribution in [3.63, 3.8) is 0 Å². The number of hydrogen-bond donors (Lipinski definition) is 2. The Kier molecular flexibility index (Phi) is 6.50. The molecule has 0 saturated carbocycles. The number of benzene rings is 2. The molecule has 1 aliphatic heterocycles. The average Bonchev–Trinajstić information content (AvgIpc) is 3.13. The van der Waals surface area contributed by atoms with Gasteiger partial charge < -0.3 is 15.0 Å². The van der Waals surface area contributed by atoms with Crippen molar-refractivity contribution in [2.75, 3.05) is 31.6 Å². The third kappa shape index (κ3) is 5.12. The van der Waals surface area contributed by atoms with E-state index in [4.69, 9.17) is 4.74 Å². The predicted octanol–water partition coefficient (Wildman–Crippen LogP) is 1.14. The summed E-state index contributed by atoms with van der Waals surface area (Å²) in [5.41, 5.74) is 0.681. The summed E-state index contributed by atoms with van der Waals surface area (Å²) in [6.45, 7) is 0.464. The zero-order chi connectivity index (χ0) is 20.9. The standard InChI is InChI=1S/C20H23N3O5S/c1-28-17-7-5-6-16(13-17)23-14-15(12-19(23)24)20(25)21-10-11-22-29(26,27)18-8-3-2-4-9-18/h2-9,13,15,22H,10-12,14H2,1H3,(H,21,25). The molecule has 2 aromatic carbocycles. The van der Waals surface area contributed by atoms with E-state index in [-0.39, 0.29) is 42.8 Å². The summed E-state index contributed by atoms with van der Waals surface area (Å²) in [5, 5.41) is 2.69. The van der Waals surface area contributed by atoms with Crippen LogP contribution in [0.1, 0.15) is 6.42 Å². The zero-order valence-electron chi connectivity index (χ0n) is 16.0. The van der Waals surface area contributed by atoms with Gasteiger partial charge in [-0.2, -0.15) is 0 Å². The van der Waals surface area contributed by atoms with E-state index in [1.807, 2.05) is 0 Å². The molecule has 1 aliphatic rings. The van der Waals surface area contributed by atoms with Gasteiger partial charge >= 0.3 is 0 Å². The van der Waals surface area contributed by atoms with E-state index in [0.29, 0.717) is 11.4 Å². The number of carbonyl (C=O) groups excluding carboxylic acids is 2. The van der Waals surface area contributed by atoms with Crippen LogP contribution in [0.4, 0.5) is 5.69 Å². The number of nitrogens with one attached hydrogen (secondary N) is 2. The van der Waals surface area contributed by atoms with Crippen LogP contribution in [0.3, 0.4) is 0 Å². The van der Waals surface area contributed by atoms with Crippen molar-refractivity contribution in [1.82, 2.24) is 10.0 Å². The van der Waals surface area contributed by atoms with E-state index in [2.05, 4.69) is 10.0 Å². The van der Waals surface area contributed by atoms with E-state index in [1.54, 1.807) is 54.5 Å². The highest BCUT2D eigenvalue weighted by Gasteiger charge is 2.35. The molecule has 29 heavy (non-hydrogen) atoms. The van der Waals surface area contributed by atoms with Crippen molar-refractivity contribution in [3.8, 4) is 5.75 Å². The van der Waals surface area contributed by atoms with E-state index >= 15 is 0 Å². The number of nitrogens with zero attached hydrogens (tertiary/aromatic N) is 1. The minimum atomic E-state index is -3.61. The number of carbonyl (C=O) groups is 2. The first-order valence-electron chi connectivity index (χ1n) is 9.17. The molecule has 2 aromatic rings. The maximum atomic E-state index is 12.4. The second-order valence-corrected chi connectivity index (χ2v) is 8.38. The maximum absolute atomic E-state index is 12.4. The molecule has 1 unspecified atom stereocenters. The van der Waals surface area contributed by atoms with E-state index in [1.165, 1.54) is 12.1 Å². The van der Waals surface area contributed by atoms with Crippen LogP contribution < -0.4 is 19.7 Å². The van der Waals surface area contributed by atoms with Crippen LogP contribution in [0.5, 0.6) is 5.75 Å². The van der Waals surface area contributed by atoms with Crippen molar-refractivity contribution in [2.45, 2.75) is 11.3 Å². The van der Waals surface area contributed by atoms with Crippen LogP contribution in [0.25, 0.3) is 0 Å². The van der Waals surface area contributed by atoms with Gasteiger partial charge in [0.25, 0.3) is 0 Å². The lowest BCUT2D eigenvalue weighted by Crippen LogP contribution is -2.38. The largest absolute Gasteiger partial charge is 0.497 e. The number of sulfonamides is 1. The Labute approximate surface area is 169 Å². The van der Waals surface area contributed by atoms with Crippen molar-refractivity contribution in [1.29, 1.82) is 0 Å². The topological polar surface area (TPSA) is 105 Å². The second-order valence-electron chi connectivity index (χ2n) is 6.61. The Bertz CT molecular complexity index is 979. The molecule has 3 rings (SSSR count). The fourth-order valence-electron chi connectivity index (χ4n) is 3.11. The Hall–Kier alpha value is -2.91. The highest BCUT2D eigenvalue weighted by Crippen LogP contribution is 2.27. The summed E-state index contributed by atoms with van der Waals surface area (Å²) in [6.07, 6.45) is 0.110. The predicted molar refractivity (Wildman–Crippen MR) is 108 cm³/mol. The smallest absolute Gasteiger partial charge is 0.240 e. The van der Waals surface area contributed by atoms with Crippen molar-refractivity contribution in [2.24, 2.45) is 5.92 Å². The highest BCUT2D eigenvalue weighted by molar-refractivity contribution is 7.89. The van der Waals surface area contributed by atoms with Gasteiger partial charge in [-0.1, -0.05) is 24.3 Å². The second kappa shape index (κ2) is 9.06. The Morgan fingerprint density at radius 3 is 2.62 bits per heavy atom. The fraction of sp³-hybridized carbons (Fsp3) is 0.300. The first kappa shape index (κ1) is 20.8. The number of ether oxygens (including phenoxy) is 1. The molecular weight excluding hydrogens is 394 g/mol. The van der Waals surface area contributed by atoms with E-state index in [0.717, 1.165) is 0 Å². The van der Waals surface area contributed by atoms with Crippen LogP contribution in [-0.4, -0.2) is 47.0 Å². The van der Waals surface area contributed by atoms with Gasteiger partial charge in [-0.25, -0.2) is 13.1 Å². The fourth-order valence-corrected chi connectivity index (χ4v) is 4.16. The highest BCUT2D eigenvalue weighted by atomic mass is 32.2. The van der Waals surface area contributed by atoms with Crippen LogP contribution >= 0.6 is 0 Å². The first-order valence-corrected chi connectivity index (χ1v) is 10.7. The van der Waals surface area contributed by atoms with Gasteiger partial charge in [0.2, 0.25) is 21.8 Å². The number of hydrogen-bond acceptors (Lipinski definition) is 5. The molecule has 0 aliphatic carbocycles. The third-order valence-corrected chi connectivity index (χ3v) is 6.11. The van der Waals surface area contributed by atoms with E-state index in [9.17, 15) is 18.0 Å². The Morgan fingerprint density at radius 2 is 1.90 bits per heavy atom. The maximum Gasteiger partial charge on any atom is 0.240 e. The molecule has 154 valence electrons. The van der Waals surface area contributed by atoms with Crippen molar-refractivity contribution >= 4 is 27.5 Å². The summed E-state index contributed by atoms with van der Waals surface area (Å²) in [6, 6.07) is 15.1. The molecule has 0 radical (unpaired) electrons. The van der Waals surface area contributed by atoms with Crippen LogP contribution in [0, 0.1) is 5.92 Å². The average molecular weight is 417 g/mol. The Balaban J connectivity index is 1.49. The molecule has 0 spiro atoms. The minimum Gasteiger partial charge on any atom is -0.497 e.